The van der Waals surface area contributed by atoms with Crippen LogP contribution in [0.2, 0.25) is 0 Å². The van der Waals surface area contributed by atoms with Gasteiger partial charge in [0.05, 0.1) is 20.3 Å². The highest BCUT2D eigenvalue weighted by Crippen LogP contribution is 2.30. The Morgan fingerprint density at radius 3 is 2.71 bits per heavy atom. The van der Waals surface area contributed by atoms with Gasteiger partial charge in [-0.25, -0.2) is 0 Å². The van der Waals surface area contributed by atoms with Crippen molar-refractivity contribution in [2.75, 3.05) is 32.4 Å². The summed E-state index contributed by atoms with van der Waals surface area (Å²) in [7, 11) is 3.26. The SMILES string of the molecule is COc1cc(C)c(CCNC(=O)C2CSCN2)cc1OC. The van der Waals surface area contributed by atoms with Crippen molar-refractivity contribution >= 4 is 17.7 Å². The maximum absolute atomic E-state index is 11.9. The second kappa shape index (κ2) is 7.56. The molecular formula is C15H22N2O3S. The zero-order chi connectivity index (χ0) is 15.2. The summed E-state index contributed by atoms with van der Waals surface area (Å²) >= 11 is 1.75. The summed E-state index contributed by atoms with van der Waals surface area (Å²) in [5.74, 6) is 3.24. The van der Waals surface area contributed by atoms with Crippen molar-refractivity contribution in [2.24, 2.45) is 0 Å². The number of thioether (sulfide) groups is 1. The highest BCUT2D eigenvalue weighted by atomic mass is 32.2. The average molecular weight is 310 g/mol. The standard InChI is InChI=1S/C15H22N2O3S/c1-10-6-13(19-2)14(20-3)7-11(10)4-5-16-15(18)12-8-21-9-17-12/h6-7,12,17H,4-5,8-9H2,1-3H3,(H,16,18). The second-order valence-electron chi connectivity index (χ2n) is 4.95. The summed E-state index contributed by atoms with van der Waals surface area (Å²) in [5.41, 5.74) is 2.29. The predicted octanol–water partition coefficient (Wildman–Crippen LogP) is 1.33. The quantitative estimate of drug-likeness (QED) is 0.830. The summed E-state index contributed by atoms with van der Waals surface area (Å²) in [6.45, 7) is 2.66. The lowest BCUT2D eigenvalue weighted by atomic mass is 10.0. The summed E-state index contributed by atoms with van der Waals surface area (Å²) in [4.78, 5) is 11.9. The molecule has 0 bridgehead atoms. The van der Waals surface area contributed by atoms with Crippen LogP contribution in [0.15, 0.2) is 12.1 Å². The van der Waals surface area contributed by atoms with Crippen LogP contribution in [0.5, 0.6) is 11.5 Å². The molecule has 2 rings (SSSR count). The topological polar surface area (TPSA) is 59.6 Å². The van der Waals surface area contributed by atoms with Crippen LogP contribution in [0.1, 0.15) is 11.1 Å². The van der Waals surface area contributed by atoms with Crippen LogP contribution in [0, 0.1) is 6.92 Å². The van der Waals surface area contributed by atoms with E-state index in [1.54, 1.807) is 26.0 Å². The van der Waals surface area contributed by atoms with E-state index >= 15 is 0 Å². The van der Waals surface area contributed by atoms with Gasteiger partial charge in [0.25, 0.3) is 0 Å². The summed E-state index contributed by atoms with van der Waals surface area (Å²) in [5, 5.41) is 6.14. The highest BCUT2D eigenvalue weighted by Gasteiger charge is 2.21. The molecule has 6 heteroatoms. The molecule has 1 aliphatic heterocycles. The van der Waals surface area contributed by atoms with Gasteiger partial charge in [-0.2, -0.15) is 0 Å². The van der Waals surface area contributed by atoms with Crippen LogP contribution in [0.25, 0.3) is 0 Å². The number of nitrogens with one attached hydrogen (secondary N) is 2. The molecule has 1 aromatic rings. The molecule has 1 saturated heterocycles. The molecule has 1 heterocycles. The zero-order valence-electron chi connectivity index (χ0n) is 12.7. The van der Waals surface area contributed by atoms with Gasteiger partial charge in [-0.15, -0.1) is 11.8 Å². The number of methoxy groups -OCH3 is 2. The van der Waals surface area contributed by atoms with Gasteiger partial charge in [0, 0.05) is 18.2 Å². The summed E-state index contributed by atoms with van der Waals surface area (Å²) in [6.07, 6.45) is 0.776. The Balaban J connectivity index is 1.92. The molecule has 116 valence electrons. The second-order valence-corrected chi connectivity index (χ2v) is 5.98. The molecule has 0 aromatic heterocycles. The van der Waals surface area contributed by atoms with Gasteiger partial charge < -0.3 is 14.8 Å². The van der Waals surface area contributed by atoms with E-state index in [4.69, 9.17) is 9.47 Å². The first-order valence-corrected chi connectivity index (χ1v) is 8.11. The monoisotopic (exact) mass is 310 g/mol. The first kappa shape index (κ1) is 16.0. The predicted molar refractivity (Wildman–Crippen MR) is 85.2 cm³/mol. The minimum Gasteiger partial charge on any atom is -0.493 e. The van der Waals surface area contributed by atoms with Crippen molar-refractivity contribution in [1.82, 2.24) is 10.6 Å². The van der Waals surface area contributed by atoms with Crippen molar-refractivity contribution in [3.63, 3.8) is 0 Å². The van der Waals surface area contributed by atoms with Crippen molar-refractivity contribution in [2.45, 2.75) is 19.4 Å². The molecule has 5 nitrogen and oxygen atoms in total. The maximum atomic E-state index is 11.9. The molecule has 1 amide bonds. The Labute approximate surface area is 129 Å². The van der Waals surface area contributed by atoms with Crippen LogP contribution < -0.4 is 20.1 Å². The van der Waals surface area contributed by atoms with Crippen LogP contribution in [-0.4, -0.2) is 44.3 Å². The van der Waals surface area contributed by atoms with E-state index in [1.807, 2.05) is 19.1 Å². The lowest BCUT2D eigenvalue weighted by molar-refractivity contribution is -0.122. The number of benzene rings is 1. The zero-order valence-corrected chi connectivity index (χ0v) is 13.5. The van der Waals surface area contributed by atoms with Crippen molar-refractivity contribution in [3.8, 4) is 11.5 Å². The molecule has 0 radical (unpaired) electrons. The number of carbonyl (C=O) groups excluding carboxylic acids is 1. The Bertz CT molecular complexity index is 502. The molecule has 1 unspecified atom stereocenters. The minimum atomic E-state index is -0.0542. The van der Waals surface area contributed by atoms with Crippen LogP contribution in [0.3, 0.4) is 0 Å². The van der Waals surface area contributed by atoms with E-state index < -0.39 is 0 Å². The Morgan fingerprint density at radius 1 is 1.38 bits per heavy atom. The molecule has 21 heavy (non-hydrogen) atoms. The minimum absolute atomic E-state index is 0.0542. The first-order valence-electron chi connectivity index (χ1n) is 6.96. The van der Waals surface area contributed by atoms with Crippen molar-refractivity contribution in [3.05, 3.63) is 23.3 Å². The van der Waals surface area contributed by atoms with E-state index in [2.05, 4.69) is 10.6 Å². The van der Waals surface area contributed by atoms with Gasteiger partial charge in [0.2, 0.25) is 5.91 Å². The van der Waals surface area contributed by atoms with E-state index in [1.165, 1.54) is 0 Å². The smallest absolute Gasteiger partial charge is 0.238 e. The molecule has 0 spiro atoms. The highest BCUT2D eigenvalue weighted by molar-refractivity contribution is 7.99. The van der Waals surface area contributed by atoms with Gasteiger partial charge in [0.15, 0.2) is 11.5 Å². The van der Waals surface area contributed by atoms with Gasteiger partial charge >= 0.3 is 0 Å². The number of aryl methyl sites for hydroxylation is 1. The average Bonchev–Trinajstić information content (AvgIpc) is 3.02. The number of rotatable bonds is 6. The molecular weight excluding hydrogens is 288 g/mol. The van der Waals surface area contributed by atoms with Crippen LogP contribution >= 0.6 is 11.8 Å². The number of hydrogen-bond donors (Lipinski definition) is 2. The molecule has 0 aliphatic carbocycles. The van der Waals surface area contributed by atoms with Gasteiger partial charge in [-0.05, 0) is 36.6 Å². The van der Waals surface area contributed by atoms with Gasteiger partial charge in [0.1, 0.15) is 0 Å². The largest absolute Gasteiger partial charge is 0.493 e. The molecule has 1 aliphatic rings. The number of hydrogen-bond acceptors (Lipinski definition) is 5. The fourth-order valence-electron chi connectivity index (χ4n) is 2.30. The lowest BCUT2D eigenvalue weighted by Gasteiger charge is -2.14. The maximum Gasteiger partial charge on any atom is 0.238 e. The summed E-state index contributed by atoms with van der Waals surface area (Å²) in [6, 6.07) is 3.89. The van der Waals surface area contributed by atoms with Crippen molar-refractivity contribution in [1.29, 1.82) is 0 Å². The third kappa shape index (κ3) is 4.04. The molecule has 1 atom stereocenters. The Hall–Kier alpha value is -1.40. The molecule has 1 fully saturated rings. The van der Waals surface area contributed by atoms with E-state index in [9.17, 15) is 4.79 Å². The normalized spacial score (nSPS) is 17.6. The fraction of sp³-hybridized carbons (Fsp3) is 0.533. The summed E-state index contributed by atoms with van der Waals surface area (Å²) < 4.78 is 10.6. The van der Waals surface area contributed by atoms with E-state index in [0.29, 0.717) is 6.54 Å². The van der Waals surface area contributed by atoms with Crippen LogP contribution in [0.4, 0.5) is 0 Å². The number of carbonyl (C=O) groups is 1. The lowest BCUT2D eigenvalue weighted by Crippen LogP contribution is -2.42. The van der Waals surface area contributed by atoms with E-state index in [0.717, 1.165) is 40.7 Å². The van der Waals surface area contributed by atoms with Gasteiger partial charge in [-0.3, -0.25) is 10.1 Å². The third-order valence-corrected chi connectivity index (χ3v) is 4.51. The van der Waals surface area contributed by atoms with Crippen LogP contribution in [-0.2, 0) is 11.2 Å². The Morgan fingerprint density at radius 2 is 2.10 bits per heavy atom. The number of amides is 1. The Kier molecular flexibility index (Phi) is 5.76. The first-order chi connectivity index (χ1) is 10.2. The fourth-order valence-corrected chi connectivity index (χ4v) is 3.24. The molecule has 0 saturated carbocycles. The van der Waals surface area contributed by atoms with Gasteiger partial charge in [-0.1, -0.05) is 0 Å². The van der Waals surface area contributed by atoms with E-state index in [-0.39, 0.29) is 11.9 Å². The van der Waals surface area contributed by atoms with Crippen molar-refractivity contribution < 1.29 is 14.3 Å². The number of ether oxygens (including phenoxy) is 2. The molecule has 2 N–H and O–H groups in total. The molecule has 1 aromatic carbocycles. The third-order valence-electron chi connectivity index (χ3n) is 3.57.